The summed E-state index contributed by atoms with van der Waals surface area (Å²) in [5.74, 6) is 1.79. The van der Waals surface area contributed by atoms with Crippen molar-refractivity contribution in [3.63, 3.8) is 0 Å². The number of carbonyl (C=O) groups is 2. The molecule has 3 amide bonds. The zero-order chi connectivity index (χ0) is 25.7. The van der Waals surface area contributed by atoms with Gasteiger partial charge in [0.15, 0.2) is 0 Å². The number of urea groups is 1. The van der Waals surface area contributed by atoms with E-state index in [1.54, 1.807) is 20.4 Å². The Hall–Kier alpha value is -3.13. The van der Waals surface area contributed by atoms with Crippen molar-refractivity contribution >= 4 is 11.9 Å². The van der Waals surface area contributed by atoms with Crippen LogP contribution in [0.3, 0.4) is 0 Å². The molecule has 0 unspecified atom stereocenters. The van der Waals surface area contributed by atoms with Crippen LogP contribution in [0.4, 0.5) is 4.79 Å². The van der Waals surface area contributed by atoms with Gasteiger partial charge in [-0.3, -0.25) is 19.6 Å². The Morgan fingerprint density at radius 2 is 1.72 bits per heavy atom. The molecule has 3 heterocycles. The zero-order valence-corrected chi connectivity index (χ0v) is 21.9. The monoisotopic (exact) mass is 494 g/mol. The maximum atomic E-state index is 13.8. The molecule has 2 fully saturated rings. The van der Waals surface area contributed by atoms with Crippen LogP contribution in [0.5, 0.6) is 11.5 Å². The van der Waals surface area contributed by atoms with E-state index < -0.39 is 5.54 Å². The maximum absolute atomic E-state index is 13.8. The number of amides is 3. The summed E-state index contributed by atoms with van der Waals surface area (Å²) in [5, 5.41) is 0. The Kier molecular flexibility index (Phi) is 8.14. The van der Waals surface area contributed by atoms with E-state index in [1.807, 2.05) is 41.4 Å². The van der Waals surface area contributed by atoms with Crippen molar-refractivity contribution in [3.05, 3.63) is 53.9 Å². The van der Waals surface area contributed by atoms with Crippen LogP contribution in [0.15, 0.2) is 42.7 Å². The van der Waals surface area contributed by atoms with Gasteiger partial charge in [0.05, 0.1) is 14.2 Å². The number of methoxy groups -OCH3 is 2. The highest BCUT2D eigenvalue weighted by molar-refractivity contribution is 6.07. The second kappa shape index (κ2) is 11.3. The van der Waals surface area contributed by atoms with E-state index in [4.69, 9.17) is 9.47 Å². The SMILES string of the molecule is COc1cc(CN2CCC3(CC2)C(=O)N(CCCc2cccnc2)C(=O)N3CC(C)C)cc(OC)c1. The average Bonchev–Trinajstić information content (AvgIpc) is 3.06. The largest absolute Gasteiger partial charge is 0.497 e. The Morgan fingerprint density at radius 1 is 1.03 bits per heavy atom. The van der Waals surface area contributed by atoms with Crippen LogP contribution < -0.4 is 9.47 Å². The van der Waals surface area contributed by atoms with Gasteiger partial charge in [0.25, 0.3) is 5.91 Å². The fourth-order valence-corrected chi connectivity index (χ4v) is 5.37. The first kappa shape index (κ1) is 25.9. The highest BCUT2D eigenvalue weighted by Crippen LogP contribution is 2.38. The van der Waals surface area contributed by atoms with Crippen molar-refractivity contribution in [2.45, 2.75) is 51.6 Å². The molecular weight excluding hydrogens is 456 g/mol. The van der Waals surface area contributed by atoms with E-state index in [-0.39, 0.29) is 17.9 Å². The number of aromatic nitrogens is 1. The number of benzene rings is 1. The third-order valence-corrected chi connectivity index (χ3v) is 7.24. The minimum atomic E-state index is -0.738. The first-order valence-electron chi connectivity index (χ1n) is 12.8. The number of ether oxygens (including phenoxy) is 2. The molecule has 0 bridgehead atoms. The van der Waals surface area contributed by atoms with Crippen LogP contribution in [0.1, 0.15) is 44.2 Å². The number of imide groups is 1. The summed E-state index contributed by atoms with van der Waals surface area (Å²) in [7, 11) is 3.30. The van der Waals surface area contributed by atoms with E-state index >= 15 is 0 Å². The first-order valence-corrected chi connectivity index (χ1v) is 12.8. The lowest BCUT2D eigenvalue weighted by Gasteiger charge is -2.42. The second-order valence-electron chi connectivity index (χ2n) is 10.2. The number of piperidine rings is 1. The number of carbonyl (C=O) groups excluding carboxylic acids is 2. The molecule has 36 heavy (non-hydrogen) atoms. The van der Waals surface area contributed by atoms with Crippen LogP contribution in [0.2, 0.25) is 0 Å². The Labute approximate surface area is 214 Å². The smallest absolute Gasteiger partial charge is 0.327 e. The minimum absolute atomic E-state index is 0.0259. The fourth-order valence-electron chi connectivity index (χ4n) is 5.37. The topological polar surface area (TPSA) is 75.2 Å². The van der Waals surface area contributed by atoms with Gasteiger partial charge in [-0.05, 0) is 60.9 Å². The molecule has 2 saturated heterocycles. The fraction of sp³-hybridized carbons (Fsp3) is 0.536. The predicted octanol–water partition coefficient (Wildman–Crippen LogP) is 3.99. The normalized spacial score (nSPS) is 17.9. The average molecular weight is 495 g/mol. The number of likely N-dealkylation sites (tertiary alicyclic amines) is 1. The molecule has 0 saturated carbocycles. The molecule has 0 aliphatic carbocycles. The Morgan fingerprint density at radius 3 is 2.31 bits per heavy atom. The summed E-state index contributed by atoms with van der Waals surface area (Å²) in [6.45, 7) is 7.47. The van der Waals surface area contributed by atoms with Gasteiger partial charge in [-0.2, -0.15) is 0 Å². The summed E-state index contributed by atoms with van der Waals surface area (Å²) in [5.41, 5.74) is 1.48. The lowest BCUT2D eigenvalue weighted by Crippen LogP contribution is -2.57. The van der Waals surface area contributed by atoms with E-state index in [0.29, 0.717) is 25.9 Å². The van der Waals surface area contributed by atoms with Crippen LogP contribution >= 0.6 is 0 Å². The number of rotatable bonds is 10. The quantitative estimate of drug-likeness (QED) is 0.465. The molecule has 2 aliphatic heterocycles. The van der Waals surface area contributed by atoms with E-state index in [0.717, 1.165) is 55.1 Å². The molecule has 194 valence electrons. The second-order valence-corrected chi connectivity index (χ2v) is 10.2. The van der Waals surface area contributed by atoms with Crippen molar-refractivity contribution in [1.82, 2.24) is 19.7 Å². The number of hydrogen-bond acceptors (Lipinski definition) is 6. The van der Waals surface area contributed by atoms with Crippen LogP contribution in [-0.2, 0) is 17.8 Å². The van der Waals surface area contributed by atoms with Crippen molar-refractivity contribution in [2.24, 2.45) is 5.92 Å². The summed E-state index contributed by atoms with van der Waals surface area (Å²) < 4.78 is 10.8. The summed E-state index contributed by atoms with van der Waals surface area (Å²) in [4.78, 5) is 37.1. The minimum Gasteiger partial charge on any atom is -0.497 e. The van der Waals surface area contributed by atoms with Gasteiger partial charge >= 0.3 is 6.03 Å². The number of aryl methyl sites for hydroxylation is 1. The molecule has 1 aromatic heterocycles. The summed E-state index contributed by atoms with van der Waals surface area (Å²) >= 11 is 0. The number of hydrogen-bond donors (Lipinski definition) is 0. The van der Waals surface area contributed by atoms with Gasteiger partial charge in [0.1, 0.15) is 17.0 Å². The van der Waals surface area contributed by atoms with Crippen molar-refractivity contribution in [2.75, 3.05) is 40.4 Å². The molecule has 0 radical (unpaired) electrons. The number of pyridine rings is 1. The molecule has 2 aliphatic rings. The lowest BCUT2D eigenvalue weighted by atomic mass is 9.85. The van der Waals surface area contributed by atoms with E-state index in [1.165, 1.54) is 4.90 Å². The van der Waals surface area contributed by atoms with Gasteiger partial charge in [0.2, 0.25) is 0 Å². The Bertz CT molecular complexity index is 1030. The predicted molar refractivity (Wildman–Crippen MR) is 138 cm³/mol. The molecule has 8 heteroatoms. The van der Waals surface area contributed by atoms with E-state index in [9.17, 15) is 9.59 Å². The molecule has 2 aromatic rings. The molecule has 1 spiro atoms. The number of nitrogens with zero attached hydrogens (tertiary/aromatic N) is 4. The van der Waals surface area contributed by atoms with Gasteiger partial charge in [-0.15, -0.1) is 0 Å². The van der Waals surface area contributed by atoms with Crippen molar-refractivity contribution in [1.29, 1.82) is 0 Å². The molecule has 0 atom stereocenters. The van der Waals surface area contributed by atoms with Crippen LogP contribution in [-0.4, -0.2) is 77.6 Å². The first-order chi connectivity index (χ1) is 17.4. The molecule has 4 rings (SSSR count). The van der Waals surface area contributed by atoms with Crippen molar-refractivity contribution in [3.8, 4) is 11.5 Å². The van der Waals surface area contributed by atoms with Crippen LogP contribution in [0, 0.1) is 5.92 Å². The molecular formula is C28H38N4O4. The molecule has 1 aromatic carbocycles. The van der Waals surface area contributed by atoms with E-state index in [2.05, 4.69) is 23.7 Å². The van der Waals surface area contributed by atoms with Gasteiger partial charge in [-0.25, -0.2) is 4.79 Å². The van der Waals surface area contributed by atoms with Gasteiger partial charge < -0.3 is 14.4 Å². The third-order valence-electron chi connectivity index (χ3n) is 7.24. The van der Waals surface area contributed by atoms with Crippen LogP contribution in [0.25, 0.3) is 0 Å². The lowest BCUT2D eigenvalue weighted by molar-refractivity contribution is -0.135. The van der Waals surface area contributed by atoms with Crippen molar-refractivity contribution < 1.29 is 19.1 Å². The zero-order valence-electron chi connectivity index (χ0n) is 21.9. The van der Waals surface area contributed by atoms with Gasteiger partial charge in [0, 0.05) is 51.2 Å². The Balaban J connectivity index is 1.44. The van der Waals surface area contributed by atoms with Gasteiger partial charge in [-0.1, -0.05) is 19.9 Å². The highest BCUT2D eigenvalue weighted by Gasteiger charge is 2.57. The summed E-state index contributed by atoms with van der Waals surface area (Å²) in [6, 6.07) is 9.71. The highest BCUT2D eigenvalue weighted by atomic mass is 16.5. The third kappa shape index (κ3) is 5.48. The summed E-state index contributed by atoms with van der Waals surface area (Å²) in [6.07, 6.45) is 6.41. The molecule has 0 N–H and O–H groups in total. The standard InChI is InChI=1S/C28H38N4O4/c1-21(2)19-32-27(34)31(12-6-8-22-7-5-11-29-18-22)26(33)28(32)9-13-30(14-10-28)20-23-15-24(35-3)17-25(16-23)36-4/h5,7,11,15-18,21H,6,8-10,12-14,19-20H2,1-4H3. The maximum Gasteiger partial charge on any atom is 0.327 e. The molecule has 8 nitrogen and oxygen atoms in total.